The van der Waals surface area contributed by atoms with Gasteiger partial charge in [0.1, 0.15) is 11.2 Å². The molecule has 0 spiro atoms. The molecule has 122 valence electrons. The molecule has 0 amide bonds. The highest BCUT2D eigenvalue weighted by molar-refractivity contribution is 6.34. The van der Waals surface area contributed by atoms with Crippen LogP contribution in [-0.2, 0) is 14.9 Å². The first-order chi connectivity index (χ1) is 11.5. The molecule has 0 heterocycles. The zero-order chi connectivity index (χ0) is 17.3. The second-order valence-corrected chi connectivity index (χ2v) is 5.60. The van der Waals surface area contributed by atoms with E-state index in [4.69, 9.17) is 4.74 Å². The van der Waals surface area contributed by atoms with Crippen LogP contribution in [0.25, 0.3) is 0 Å². The largest absolute Gasteiger partial charge is 0.466 e. The van der Waals surface area contributed by atoms with E-state index in [1.165, 1.54) is 24.3 Å². The molecule has 4 nitrogen and oxygen atoms in total. The van der Waals surface area contributed by atoms with Crippen molar-refractivity contribution in [1.29, 1.82) is 0 Å². The van der Waals surface area contributed by atoms with Gasteiger partial charge < -0.3 is 4.74 Å². The maximum Gasteiger partial charge on any atom is 0.307 e. The molecule has 0 atom stereocenters. The fourth-order valence-electron chi connectivity index (χ4n) is 3.13. The predicted molar refractivity (Wildman–Crippen MR) is 84.4 cm³/mol. The van der Waals surface area contributed by atoms with Crippen LogP contribution in [0, 0.1) is 5.82 Å². The molecule has 0 saturated carbocycles. The van der Waals surface area contributed by atoms with Gasteiger partial charge in [0.2, 0.25) is 0 Å². The Morgan fingerprint density at radius 2 is 1.54 bits per heavy atom. The summed E-state index contributed by atoms with van der Waals surface area (Å²) < 4.78 is 18.2. The summed E-state index contributed by atoms with van der Waals surface area (Å²) >= 11 is 0. The van der Waals surface area contributed by atoms with Crippen molar-refractivity contribution in [3.63, 3.8) is 0 Å². The number of ketones is 2. The van der Waals surface area contributed by atoms with E-state index < -0.39 is 35.2 Å². The molecular formula is C19H15FO4. The summed E-state index contributed by atoms with van der Waals surface area (Å²) in [5.74, 6) is -2.04. The van der Waals surface area contributed by atoms with Gasteiger partial charge in [0.05, 0.1) is 13.0 Å². The summed E-state index contributed by atoms with van der Waals surface area (Å²) in [6, 6.07) is 11.5. The third-order valence-corrected chi connectivity index (χ3v) is 4.24. The first kappa shape index (κ1) is 16.1. The van der Waals surface area contributed by atoms with Crippen molar-refractivity contribution in [2.45, 2.75) is 18.8 Å². The van der Waals surface area contributed by atoms with Crippen molar-refractivity contribution in [2.75, 3.05) is 6.61 Å². The second-order valence-electron chi connectivity index (χ2n) is 5.60. The van der Waals surface area contributed by atoms with Gasteiger partial charge in [-0.05, 0) is 24.6 Å². The van der Waals surface area contributed by atoms with E-state index in [1.807, 2.05) is 0 Å². The molecule has 0 radical (unpaired) electrons. The molecule has 1 aliphatic rings. The number of carbonyl (C=O) groups excluding carboxylic acids is 3. The number of carbonyl (C=O) groups is 3. The van der Waals surface area contributed by atoms with Gasteiger partial charge in [-0.15, -0.1) is 0 Å². The van der Waals surface area contributed by atoms with E-state index in [2.05, 4.69) is 0 Å². The lowest BCUT2D eigenvalue weighted by Crippen LogP contribution is -2.41. The molecule has 0 fully saturated rings. The Morgan fingerprint density at radius 3 is 2.04 bits per heavy atom. The second kappa shape index (κ2) is 6.00. The minimum Gasteiger partial charge on any atom is -0.466 e. The molecule has 24 heavy (non-hydrogen) atoms. The Kier molecular flexibility index (Phi) is 4.01. The topological polar surface area (TPSA) is 60.4 Å². The van der Waals surface area contributed by atoms with Crippen molar-refractivity contribution < 1.29 is 23.5 Å². The van der Waals surface area contributed by atoms with Crippen molar-refractivity contribution >= 4 is 17.5 Å². The minimum atomic E-state index is -1.69. The van der Waals surface area contributed by atoms with Crippen LogP contribution >= 0.6 is 0 Å². The van der Waals surface area contributed by atoms with E-state index in [9.17, 15) is 18.8 Å². The monoisotopic (exact) mass is 326 g/mol. The van der Waals surface area contributed by atoms with E-state index in [0.717, 1.165) is 0 Å². The quantitative estimate of drug-likeness (QED) is 0.640. The van der Waals surface area contributed by atoms with Gasteiger partial charge in [-0.2, -0.15) is 0 Å². The van der Waals surface area contributed by atoms with E-state index in [-0.39, 0.29) is 17.7 Å². The van der Waals surface area contributed by atoms with Gasteiger partial charge in [0.25, 0.3) is 0 Å². The number of halogens is 1. The molecular weight excluding hydrogens is 311 g/mol. The summed E-state index contributed by atoms with van der Waals surface area (Å²) in [5, 5.41) is 0. The average Bonchev–Trinajstić information content (AvgIpc) is 2.79. The Bertz CT molecular complexity index is 789. The zero-order valence-corrected chi connectivity index (χ0v) is 13.0. The first-order valence-electron chi connectivity index (χ1n) is 7.61. The van der Waals surface area contributed by atoms with Crippen molar-refractivity contribution in [2.24, 2.45) is 0 Å². The summed E-state index contributed by atoms with van der Waals surface area (Å²) in [7, 11) is 0. The number of esters is 1. The molecule has 0 aliphatic heterocycles. The summed E-state index contributed by atoms with van der Waals surface area (Å²) in [4.78, 5) is 38.1. The van der Waals surface area contributed by atoms with Crippen LogP contribution in [0.5, 0.6) is 0 Å². The van der Waals surface area contributed by atoms with Crippen molar-refractivity contribution in [1.82, 2.24) is 0 Å². The Labute approximate surface area is 138 Å². The van der Waals surface area contributed by atoms with Crippen LogP contribution in [0.4, 0.5) is 4.39 Å². The van der Waals surface area contributed by atoms with Crippen LogP contribution in [0.3, 0.4) is 0 Å². The number of hydrogen-bond donors (Lipinski definition) is 0. The highest BCUT2D eigenvalue weighted by Gasteiger charge is 2.55. The van der Waals surface area contributed by atoms with Crippen molar-refractivity contribution in [3.05, 3.63) is 71.0 Å². The Balaban J connectivity index is 2.17. The smallest absolute Gasteiger partial charge is 0.307 e. The molecule has 0 N–H and O–H groups in total. The van der Waals surface area contributed by atoms with E-state index >= 15 is 0 Å². The van der Waals surface area contributed by atoms with Gasteiger partial charge in [0, 0.05) is 11.1 Å². The average molecular weight is 326 g/mol. The number of hydrogen-bond acceptors (Lipinski definition) is 4. The molecule has 1 aliphatic carbocycles. The molecule has 2 aromatic carbocycles. The van der Waals surface area contributed by atoms with Gasteiger partial charge in [-0.3, -0.25) is 14.4 Å². The molecule has 2 aromatic rings. The standard InChI is InChI=1S/C19H15FO4/c1-2-24-16(21)11-19(12-7-9-13(20)10-8-12)17(22)14-5-3-4-6-15(14)18(19)23/h3-10H,2,11H2,1H3. The fraction of sp³-hybridized carbons (Fsp3) is 0.211. The van der Waals surface area contributed by atoms with Gasteiger partial charge >= 0.3 is 5.97 Å². The maximum atomic E-state index is 13.3. The third kappa shape index (κ3) is 2.33. The molecule has 0 saturated heterocycles. The maximum absolute atomic E-state index is 13.3. The predicted octanol–water partition coefficient (Wildman–Crippen LogP) is 3.10. The number of rotatable bonds is 4. The Morgan fingerprint density at radius 1 is 1.00 bits per heavy atom. The SMILES string of the molecule is CCOC(=O)CC1(c2ccc(F)cc2)C(=O)c2ccccc2C1=O. The Hall–Kier alpha value is -2.82. The molecule has 0 bridgehead atoms. The third-order valence-electron chi connectivity index (χ3n) is 4.24. The van der Waals surface area contributed by atoms with Crippen LogP contribution < -0.4 is 0 Å². The summed E-state index contributed by atoms with van der Waals surface area (Å²) in [5.41, 5.74) is -0.848. The highest BCUT2D eigenvalue weighted by atomic mass is 19.1. The van der Waals surface area contributed by atoms with Crippen molar-refractivity contribution in [3.8, 4) is 0 Å². The summed E-state index contributed by atoms with van der Waals surface area (Å²) in [6.07, 6.45) is -0.404. The van der Waals surface area contributed by atoms with Gasteiger partial charge in [-0.1, -0.05) is 36.4 Å². The lowest BCUT2D eigenvalue weighted by atomic mass is 9.73. The highest BCUT2D eigenvalue weighted by Crippen LogP contribution is 2.42. The lowest BCUT2D eigenvalue weighted by Gasteiger charge is -2.25. The molecule has 5 heteroatoms. The number of ether oxygens (including phenoxy) is 1. The van der Waals surface area contributed by atoms with E-state index in [1.54, 1.807) is 31.2 Å². The zero-order valence-electron chi connectivity index (χ0n) is 13.0. The van der Waals surface area contributed by atoms with Crippen LogP contribution in [0.2, 0.25) is 0 Å². The lowest BCUT2D eigenvalue weighted by molar-refractivity contribution is -0.143. The van der Waals surface area contributed by atoms with E-state index in [0.29, 0.717) is 5.56 Å². The van der Waals surface area contributed by atoms with Gasteiger partial charge in [-0.25, -0.2) is 4.39 Å². The first-order valence-corrected chi connectivity index (χ1v) is 7.61. The van der Waals surface area contributed by atoms with Gasteiger partial charge in [0.15, 0.2) is 11.6 Å². The molecule has 0 unspecified atom stereocenters. The summed E-state index contributed by atoms with van der Waals surface area (Å²) in [6.45, 7) is 1.79. The molecule has 3 rings (SSSR count). The van der Waals surface area contributed by atoms with Crippen LogP contribution in [0.1, 0.15) is 39.6 Å². The fourth-order valence-corrected chi connectivity index (χ4v) is 3.13. The van der Waals surface area contributed by atoms with Crippen LogP contribution in [-0.4, -0.2) is 24.1 Å². The number of Topliss-reactive ketones (excluding diaryl/α,β-unsaturated/α-hetero) is 2. The normalized spacial score (nSPS) is 15.2. The number of benzene rings is 2. The minimum absolute atomic E-state index is 0.146. The number of fused-ring (bicyclic) bond motifs is 1. The van der Waals surface area contributed by atoms with Crippen LogP contribution in [0.15, 0.2) is 48.5 Å². The molecule has 0 aromatic heterocycles.